The van der Waals surface area contributed by atoms with Crippen molar-refractivity contribution < 1.29 is 52.7 Å². The van der Waals surface area contributed by atoms with Crippen molar-refractivity contribution in [3.05, 3.63) is 42.0 Å². The molecule has 402 valence electrons. The molecule has 1 aromatic carbocycles. The monoisotopic (exact) mass is 1010 g/mol. The van der Waals surface area contributed by atoms with Crippen LogP contribution in [0.1, 0.15) is 133 Å². The van der Waals surface area contributed by atoms with Gasteiger partial charge in [-0.1, -0.05) is 93.7 Å². The molecule has 1 aromatic rings. The fourth-order valence-corrected chi connectivity index (χ4v) is 8.81. The highest BCUT2D eigenvalue weighted by Gasteiger charge is 2.39. The van der Waals surface area contributed by atoms with Crippen molar-refractivity contribution >= 4 is 64.9 Å². The van der Waals surface area contributed by atoms with E-state index in [-0.39, 0.29) is 104 Å². The van der Waals surface area contributed by atoms with Crippen LogP contribution >= 0.6 is 0 Å². The Balaban J connectivity index is 2.10. The summed E-state index contributed by atoms with van der Waals surface area (Å²) >= 11 is 0. The topological polar surface area (TPSA) is 276 Å². The number of carbonyl (C=O) groups is 10. The average molecular weight is 1010 g/mol. The number of ketones is 1. The van der Waals surface area contributed by atoms with Crippen LogP contribution in [-0.4, -0.2) is 131 Å². The first-order valence-electron chi connectivity index (χ1n) is 25.4. The zero-order chi connectivity index (χ0) is 54.4. The van der Waals surface area contributed by atoms with Crippen LogP contribution < -0.4 is 32.3 Å². The molecule has 0 radical (unpaired) electrons. The second-order valence-corrected chi connectivity index (χ2v) is 19.9. The maximum atomic E-state index is 14.2. The van der Waals surface area contributed by atoms with Crippen LogP contribution in [0.2, 0.25) is 0 Å². The molecule has 1 aliphatic heterocycles. The number of urea groups is 1. The molecule has 0 fully saturated rings. The third-order valence-electron chi connectivity index (χ3n) is 13.1. The summed E-state index contributed by atoms with van der Waals surface area (Å²) < 4.78 is 5.63. The Morgan fingerprint density at radius 2 is 1.32 bits per heavy atom. The lowest BCUT2D eigenvalue weighted by Gasteiger charge is -2.40. The Bertz CT molecular complexity index is 2040. The predicted octanol–water partition coefficient (Wildman–Crippen LogP) is 4.80. The molecule has 20 heteroatoms. The molecular weight excluding hydrogens is 927 g/mol. The summed E-state index contributed by atoms with van der Waals surface area (Å²) in [5.74, 6) is -3.95. The number of nitrogens with two attached hydrogens (primary N) is 1. The Labute approximate surface area is 426 Å². The number of hydrogen-bond donors (Lipinski definition) is 6. The van der Waals surface area contributed by atoms with Crippen LogP contribution in [0, 0.1) is 29.6 Å². The van der Waals surface area contributed by atoms with E-state index in [1.807, 2.05) is 27.7 Å². The normalized spacial score (nSPS) is 15.2. The first kappa shape index (κ1) is 61.8. The third-order valence-corrected chi connectivity index (χ3v) is 13.1. The van der Waals surface area contributed by atoms with E-state index in [2.05, 4.69) is 33.5 Å². The van der Waals surface area contributed by atoms with Crippen molar-refractivity contribution in [1.82, 2.24) is 36.0 Å². The minimum atomic E-state index is -1.08. The quantitative estimate of drug-likeness (QED) is 0.0434. The van der Waals surface area contributed by atoms with Crippen molar-refractivity contribution in [1.29, 1.82) is 0 Å². The molecule has 20 nitrogen and oxygen atoms in total. The van der Waals surface area contributed by atoms with Gasteiger partial charge >= 0.3 is 12.1 Å². The van der Waals surface area contributed by atoms with Gasteiger partial charge in [0, 0.05) is 63.9 Å². The molecule has 0 unspecified atom stereocenters. The maximum absolute atomic E-state index is 14.2. The molecule has 0 aromatic heterocycles. The summed E-state index contributed by atoms with van der Waals surface area (Å²) in [6.45, 7) is 18.7. The van der Waals surface area contributed by atoms with E-state index in [1.165, 1.54) is 24.1 Å². The summed E-state index contributed by atoms with van der Waals surface area (Å²) in [4.78, 5) is 133. The van der Waals surface area contributed by atoms with Crippen LogP contribution in [-0.2, 0) is 49.7 Å². The van der Waals surface area contributed by atoms with Gasteiger partial charge in [0.15, 0.2) is 0 Å². The van der Waals surface area contributed by atoms with E-state index in [0.29, 0.717) is 43.4 Å². The van der Waals surface area contributed by atoms with E-state index in [1.54, 1.807) is 70.8 Å². The number of Topliss-reactive ketones (excluding diaryl/α,β-unsaturated/α-hetero) is 1. The van der Waals surface area contributed by atoms with Crippen LogP contribution in [0.5, 0.6) is 0 Å². The first-order chi connectivity index (χ1) is 33.8. The number of nitrogens with one attached hydrogen (secondary N) is 5. The highest BCUT2D eigenvalue weighted by Crippen LogP contribution is 2.28. The number of nitrogens with zero attached hydrogens (tertiary/aromatic N) is 3. The van der Waals surface area contributed by atoms with E-state index >= 15 is 0 Å². The van der Waals surface area contributed by atoms with Crippen LogP contribution in [0.3, 0.4) is 0 Å². The van der Waals surface area contributed by atoms with Gasteiger partial charge in [-0.15, -0.1) is 0 Å². The van der Waals surface area contributed by atoms with Gasteiger partial charge in [0.2, 0.25) is 29.5 Å². The van der Waals surface area contributed by atoms with Crippen LogP contribution in [0.4, 0.5) is 15.3 Å². The molecule has 10 amide bonds. The third kappa shape index (κ3) is 19.7. The van der Waals surface area contributed by atoms with Gasteiger partial charge in [-0.2, -0.15) is 0 Å². The number of primary amides is 1. The van der Waals surface area contributed by atoms with E-state index in [4.69, 9.17) is 10.5 Å². The maximum Gasteiger partial charge on any atom is 0.410 e. The number of amides is 10. The zero-order valence-corrected chi connectivity index (χ0v) is 44.6. The summed E-state index contributed by atoms with van der Waals surface area (Å²) in [5, 5.41) is 13.7. The number of carbonyl (C=O) groups excluding carboxylic acids is 10. The lowest BCUT2D eigenvalue weighted by atomic mass is 9.81. The predicted molar refractivity (Wildman–Crippen MR) is 273 cm³/mol. The van der Waals surface area contributed by atoms with Crippen LogP contribution in [0.15, 0.2) is 36.4 Å². The summed E-state index contributed by atoms with van der Waals surface area (Å²) in [7, 11) is 3.19. The van der Waals surface area contributed by atoms with Gasteiger partial charge < -0.3 is 46.7 Å². The summed E-state index contributed by atoms with van der Waals surface area (Å²) in [5.41, 5.74) is 6.13. The van der Waals surface area contributed by atoms with Crippen molar-refractivity contribution in [2.45, 2.75) is 164 Å². The molecular formula is C52H83N9O11. The molecule has 0 saturated heterocycles. The van der Waals surface area contributed by atoms with Gasteiger partial charge in [0.1, 0.15) is 36.6 Å². The SMILES string of the molecule is CC[C@H](CC(C)=O)[C@H]([C@@H](C)CC)N(C)C(=O)[C@@H](NC(=O)[C@H](C(C)C)N(C)C(=O)OCc1ccc(NC(=O)[C@H](CCCNC(N)=O)NC(=O)[C@@H](NC(=O)CCCCCN2C(=O)C=CC2=O)C(C)C)cc1)C(C)C. The van der Waals surface area contributed by atoms with Crippen molar-refractivity contribution in [2.24, 2.45) is 35.3 Å². The van der Waals surface area contributed by atoms with Crippen LogP contribution in [0.25, 0.3) is 0 Å². The number of unbranched alkanes of at least 4 members (excludes halogenated alkanes) is 2. The number of ether oxygens (including phenoxy) is 1. The highest BCUT2D eigenvalue weighted by molar-refractivity contribution is 6.12. The molecule has 0 saturated carbocycles. The van der Waals surface area contributed by atoms with Crippen molar-refractivity contribution in [3.63, 3.8) is 0 Å². The lowest BCUT2D eigenvalue weighted by Crippen LogP contribution is -2.59. The lowest BCUT2D eigenvalue weighted by molar-refractivity contribution is -0.142. The van der Waals surface area contributed by atoms with Gasteiger partial charge in [0.05, 0.1) is 0 Å². The smallest absolute Gasteiger partial charge is 0.410 e. The molecule has 7 N–H and O–H groups in total. The molecule has 7 atom stereocenters. The number of hydrogen-bond acceptors (Lipinski definition) is 11. The number of benzene rings is 1. The fraction of sp³-hybridized carbons (Fsp3) is 0.654. The molecule has 1 aliphatic rings. The molecule has 0 spiro atoms. The van der Waals surface area contributed by atoms with Crippen molar-refractivity contribution in [3.8, 4) is 0 Å². The fourth-order valence-electron chi connectivity index (χ4n) is 8.81. The number of rotatable bonds is 31. The Morgan fingerprint density at radius 1 is 0.708 bits per heavy atom. The highest BCUT2D eigenvalue weighted by atomic mass is 16.6. The van der Waals surface area contributed by atoms with Gasteiger partial charge in [-0.05, 0) is 79.9 Å². The molecule has 1 heterocycles. The summed E-state index contributed by atoms with van der Waals surface area (Å²) in [6, 6.07) is 1.53. The molecule has 0 bridgehead atoms. The van der Waals surface area contributed by atoms with Gasteiger partial charge in [-0.25, -0.2) is 9.59 Å². The standard InChI is InChI=1S/C52H83N9O11/c1-13-34(9)46(37(14-2)29-35(10)62)59(11)50(69)44(32(5)6)58-49(68)45(33(7)8)60(12)52(71)72-30-36-21-23-38(24-22-36)55-47(66)39(19-18-27-54-51(53)70)56-48(67)43(31(3)4)57-40(63)20-16-15-17-28-61-41(64)25-26-42(61)65/h21-26,31-34,37,39,43-46H,13-20,27-30H2,1-12H3,(H,55,66)(H,56,67)(H,57,63)(H,58,68)(H3,53,54,70)/t34-,37+,39-,43-,44-,45-,46-/m0/s1. The Kier molecular flexibility index (Phi) is 26.2. The number of anilines is 1. The molecule has 0 aliphatic carbocycles. The molecule has 72 heavy (non-hydrogen) atoms. The van der Waals surface area contributed by atoms with Gasteiger partial charge in [-0.3, -0.25) is 43.4 Å². The largest absolute Gasteiger partial charge is 0.445 e. The minimum absolute atomic E-state index is 0.0499. The summed E-state index contributed by atoms with van der Waals surface area (Å²) in [6.07, 6.45) is 5.55. The van der Waals surface area contributed by atoms with E-state index in [9.17, 15) is 47.9 Å². The first-order valence-corrected chi connectivity index (χ1v) is 25.4. The average Bonchev–Trinajstić information content (AvgIpc) is 3.64. The minimum Gasteiger partial charge on any atom is -0.445 e. The number of imide groups is 1. The van der Waals surface area contributed by atoms with E-state index in [0.717, 1.165) is 11.3 Å². The second kappa shape index (κ2) is 30.5. The zero-order valence-electron chi connectivity index (χ0n) is 44.6. The molecule has 2 rings (SSSR count). The number of likely N-dealkylation sites (N-methyl/N-ethyl adjacent to an activating group) is 2. The van der Waals surface area contributed by atoms with E-state index < -0.39 is 54.0 Å². The second-order valence-electron chi connectivity index (χ2n) is 19.9. The van der Waals surface area contributed by atoms with Gasteiger partial charge in [0.25, 0.3) is 11.8 Å². The Morgan fingerprint density at radius 3 is 1.85 bits per heavy atom. The Hall–Kier alpha value is -6.34. The van der Waals surface area contributed by atoms with Crippen molar-refractivity contribution in [2.75, 3.05) is 32.5 Å².